The SMILES string of the molecule is CCCc1ccc2[nH]c3ccccc3c(=O)c2c1-c1cccc2nc3ccccc3cc12. The molecule has 2 heterocycles. The van der Waals surface area contributed by atoms with E-state index in [1.165, 1.54) is 5.56 Å². The fraction of sp³-hybridized carbons (Fsp3) is 0.103. The van der Waals surface area contributed by atoms with Gasteiger partial charge in [-0.25, -0.2) is 4.98 Å². The Morgan fingerprint density at radius 1 is 0.781 bits per heavy atom. The van der Waals surface area contributed by atoms with Gasteiger partial charge in [0.2, 0.25) is 0 Å². The summed E-state index contributed by atoms with van der Waals surface area (Å²) in [6, 6.07) is 28.6. The van der Waals surface area contributed by atoms with Crippen LogP contribution < -0.4 is 5.43 Å². The van der Waals surface area contributed by atoms with Gasteiger partial charge in [-0.05, 0) is 59.5 Å². The molecule has 2 aromatic heterocycles. The summed E-state index contributed by atoms with van der Waals surface area (Å²) in [4.78, 5) is 22.1. The highest BCUT2D eigenvalue weighted by Crippen LogP contribution is 2.36. The van der Waals surface area contributed by atoms with Crippen molar-refractivity contribution in [3.05, 3.63) is 101 Å². The first-order valence-electron chi connectivity index (χ1n) is 11.1. The summed E-state index contributed by atoms with van der Waals surface area (Å²) in [5, 5.41) is 3.65. The van der Waals surface area contributed by atoms with Crippen molar-refractivity contribution >= 4 is 43.6 Å². The number of hydrogen-bond donors (Lipinski definition) is 1. The first-order valence-corrected chi connectivity index (χ1v) is 11.1. The van der Waals surface area contributed by atoms with Crippen LogP contribution in [0, 0.1) is 0 Å². The first kappa shape index (κ1) is 18.8. The van der Waals surface area contributed by atoms with Crippen molar-refractivity contribution < 1.29 is 0 Å². The van der Waals surface area contributed by atoms with E-state index in [4.69, 9.17) is 4.98 Å². The molecule has 0 radical (unpaired) electrons. The first-order chi connectivity index (χ1) is 15.7. The van der Waals surface area contributed by atoms with Gasteiger partial charge in [0.25, 0.3) is 0 Å². The third kappa shape index (κ3) is 2.82. The highest BCUT2D eigenvalue weighted by molar-refractivity contribution is 6.09. The topological polar surface area (TPSA) is 45.8 Å². The smallest absolute Gasteiger partial charge is 0.197 e. The molecule has 32 heavy (non-hydrogen) atoms. The van der Waals surface area contributed by atoms with E-state index in [0.717, 1.165) is 67.6 Å². The molecule has 3 nitrogen and oxygen atoms in total. The maximum absolute atomic E-state index is 13.8. The largest absolute Gasteiger partial charge is 0.354 e. The molecule has 0 aliphatic rings. The lowest BCUT2D eigenvalue weighted by atomic mass is 9.89. The number of hydrogen-bond acceptors (Lipinski definition) is 2. The van der Waals surface area contributed by atoms with Crippen molar-refractivity contribution in [3.8, 4) is 11.1 Å². The van der Waals surface area contributed by atoms with Gasteiger partial charge in [0.05, 0.1) is 21.9 Å². The van der Waals surface area contributed by atoms with Gasteiger partial charge in [-0.2, -0.15) is 0 Å². The van der Waals surface area contributed by atoms with E-state index in [0.29, 0.717) is 0 Å². The summed E-state index contributed by atoms with van der Waals surface area (Å²) in [6.07, 6.45) is 1.92. The number of nitrogens with zero attached hydrogens (tertiary/aromatic N) is 1. The number of H-pyrrole nitrogens is 1. The van der Waals surface area contributed by atoms with Crippen molar-refractivity contribution in [1.82, 2.24) is 9.97 Å². The number of pyridine rings is 2. The standard InChI is InChI=1S/C29H22N2O/c1-2-8-18-15-16-26-28(29(32)21-10-4-6-13-24(21)31-26)27(18)20-11-7-14-25-22(20)17-19-9-3-5-12-23(19)30-25/h3-7,9-17H,2,8H2,1H3,(H,31,32). The van der Waals surface area contributed by atoms with E-state index in [1.54, 1.807) is 0 Å². The fourth-order valence-corrected chi connectivity index (χ4v) is 4.86. The molecule has 0 aliphatic heterocycles. The summed E-state index contributed by atoms with van der Waals surface area (Å²) in [5.41, 5.74) is 7.02. The molecule has 0 saturated carbocycles. The lowest BCUT2D eigenvalue weighted by Gasteiger charge is -2.16. The van der Waals surface area contributed by atoms with Crippen molar-refractivity contribution in [1.29, 1.82) is 0 Å². The van der Waals surface area contributed by atoms with E-state index in [9.17, 15) is 4.79 Å². The average Bonchev–Trinajstić information content (AvgIpc) is 2.83. The summed E-state index contributed by atoms with van der Waals surface area (Å²) < 4.78 is 0. The molecule has 0 aliphatic carbocycles. The zero-order valence-corrected chi connectivity index (χ0v) is 17.9. The second-order valence-electron chi connectivity index (χ2n) is 8.33. The van der Waals surface area contributed by atoms with E-state index in [-0.39, 0.29) is 5.43 Å². The number of benzene rings is 4. The van der Waals surface area contributed by atoms with Gasteiger partial charge in [-0.15, -0.1) is 0 Å². The normalized spacial score (nSPS) is 11.7. The number of nitrogens with one attached hydrogen (secondary N) is 1. The van der Waals surface area contributed by atoms with Gasteiger partial charge >= 0.3 is 0 Å². The Bertz CT molecular complexity index is 1710. The minimum atomic E-state index is 0.0769. The molecule has 0 bridgehead atoms. The van der Waals surface area contributed by atoms with Crippen LogP contribution in [0.3, 0.4) is 0 Å². The van der Waals surface area contributed by atoms with Gasteiger partial charge < -0.3 is 4.98 Å². The van der Waals surface area contributed by atoms with Crippen LogP contribution in [0.2, 0.25) is 0 Å². The third-order valence-electron chi connectivity index (χ3n) is 6.31. The fourth-order valence-electron chi connectivity index (χ4n) is 4.86. The molecule has 0 amide bonds. The predicted octanol–water partition coefficient (Wildman–Crippen LogP) is 7.00. The predicted molar refractivity (Wildman–Crippen MR) is 134 cm³/mol. The molecule has 0 fully saturated rings. The van der Waals surface area contributed by atoms with Gasteiger partial charge in [0, 0.05) is 21.7 Å². The number of aromatic amines is 1. The minimum absolute atomic E-state index is 0.0769. The number of fused-ring (bicyclic) bond motifs is 4. The summed E-state index contributed by atoms with van der Waals surface area (Å²) in [6.45, 7) is 2.18. The molecular formula is C29H22N2O. The van der Waals surface area contributed by atoms with Gasteiger partial charge in [-0.3, -0.25) is 4.79 Å². The molecule has 6 aromatic rings. The van der Waals surface area contributed by atoms with Crippen LogP contribution in [0.15, 0.2) is 89.7 Å². The third-order valence-corrected chi connectivity index (χ3v) is 6.31. The van der Waals surface area contributed by atoms with Crippen LogP contribution in [0.1, 0.15) is 18.9 Å². The second kappa shape index (κ2) is 7.31. The molecule has 6 rings (SSSR count). The number of aryl methyl sites for hydroxylation is 1. The van der Waals surface area contributed by atoms with E-state index >= 15 is 0 Å². The molecule has 154 valence electrons. The van der Waals surface area contributed by atoms with E-state index < -0.39 is 0 Å². The Hall–Kier alpha value is -3.98. The van der Waals surface area contributed by atoms with Crippen LogP contribution in [-0.2, 0) is 6.42 Å². The number of aromatic nitrogens is 2. The van der Waals surface area contributed by atoms with Crippen LogP contribution in [0.5, 0.6) is 0 Å². The minimum Gasteiger partial charge on any atom is -0.354 e. The molecule has 0 saturated heterocycles. The number of para-hydroxylation sites is 2. The zero-order valence-electron chi connectivity index (χ0n) is 17.9. The van der Waals surface area contributed by atoms with Crippen LogP contribution in [-0.4, -0.2) is 9.97 Å². The highest BCUT2D eigenvalue weighted by atomic mass is 16.1. The Labute approximate surface area is 185 Å². The summed E-state index contributed by atoms with van der Waals surface area (Å²) >= 11 is 0. The molecule has 0 spiro atoms. The van der Waals surface area contributed by atoms with Gasteiger partial charge in [0.15, 0.2) is 5.43 Å². The van der Waals surface area contributed by atoms with Crippen LogP contribution in [0.4, 0.5) is 0 Å². The average molecular weight is 415 g/mol. The number of rotatable bonds is 3. The van der Waals surface area contributed by atoms with Crippen molar-refractivity contribution in [2.45, 2.75) is 19.8 Å². The second-order valence-corrected chi connectivity index (χ2v) is 8.33. The van der Waals surface area contributed by atoms with Crippen molar-refractivity contribution in [3.63, 3.8) is 0 Å². The lowest BCUT2D eigenvalue weighted by molar-refractivity contribution is 0.925. The molecule has 3 heteroatoms. The Balaban J connectivity index is 1.80. The maximum Gasteiger partial charge on any atom is 0.197 e. The Kier molecular flexibility index (Phi) is 4.29. The van der Waals surface area contributed by atoms with Crippen LogP contribution in [0.25, 0.3) is 54.7 Å². The molecule has 0 atom stereocenters. The highest BCUT2D eigenvalue weighted by Gasteiger charge is 2.17. The Morgan fingerprint density at radius 2 is 1.59 bits per heavy atom. The maximum atomic E-state index is 13.8. The van der Waals surface area contributed by atoms with Gasteiger partial charge in [-0.1, -0.05) is 61.9 Å². The molecular weight excluding hydrogens is 392 g/mol. The quantitative estimate of drug-likeness (QED) is 0.317. The lowest BCUT2D eigenvalue weighted by Crippen LogP contribution is -2.07. The monoisotopic (exact) mass is 414 g/mol. The van der Waals surface area contributed by atoms with Crippen molar-refractivity contribution in [2.75, 3.05) is 0 Å². The van der Waals surface area contributed by atoms with E-state index in [1.807, 2.05) is 48.5 Å². The molecule has 1 N–H and O–H groups in total. The Morgan fingerprint density at radius 3 is 2.50 bits per heavy atom. The van der Waals surface area contributed by atoms with E-state index in [2.05, 4.69) is 48.3 Å². The molecule has 0 unspecified atom stereocenters. The zero-order chi connectivity index (χ0) is 21.7. The van der Waals surface area contributed by atoms with Gasteiger partial charge in [0.1, 0.15) is 0 Å². The summed E-state index contributed by atoms with van der Waals surface area (Å²) in [7, 11) is 0. The molecule has 4 aromatic carbocycles. The summed E-state index contributed by atoms with van der Waals surface area (Å²) in [5.74, 6) is 0. The van der Waals surface area contributed by atoms with Crippen LogP contribution >= 0.6 is 0 Å². The van der Waals surface area contributed by atoms with Crippen molar-refractivity contribution in [2.24, 2.45) is 0 Å².